The van der Waals surface area contributed by atoms with Crippen LogP contribution in [0.25, 0.3) is 10.2 Å². The van der Waals surface area contributed by atoms with Gasteiger partial charge in [-0.1, -0.05) is 103 Å². The number of nitrogens with zero attached hydrogens (tertiary/aromatic N) is 1. The van der Waals surface area contributed by atoms with Crippen molar-refractivity contribution >= 4 is 33.8 Å². The third-order valence-electron chi connectivity index (χ3n) is 6.56. The van der Waals surface area contributed by atoms with Gasteiger partial charge in [-0.05, 0) is 50.0 Å². The first-order valence-corrected chi connectivity index (χ1v) is 15.1. The minimum Gasteiger partial charge on any atom is -0.337 e. The Balaban J connectivity index is 0.000000442. The molecule has 0 aliphatic carbocycles. The number of hydrogen-bond donors (Lipinski definition) is 1. The van der Waals surface area contributed by atoms with Gasteiger partial charge in [0.1, 0.15) is 0 Å². The molecule has 190 valence electrons. The first-order chi connectivity index (χ1) is 16.0. The van der Waals surface area contributed by atoms with Crippen molar-refractivity contribution in [2.45, 2.75) is 117 Å². The highest BCUT2D eigenvalue weighted by atomic mass is 32.1. The molecule has 0 unspecified atom stereocenters. The topological polar surface area (TPSA) is 15.8 Å². The highest BCUT2D eigenvalue weighted by molar-refractivity contribution is 7.73. The van der Waals surface area contributed by atoms with E-state index in [1.165, 1.54) is 125 Å². The number of quaternary nitrogens is 1. The average molecular weight is 494 g/mol. The lowest BCUT2D eigenvalue weighted by Crippen LogP contribution is -2.41. The number of para-hydroxylation sites is 1. The zero-order valence-electron chi connectivity index (χ0n) is 22.3. The SMILES string of the molecule is CCCCCCCCCC[N+](C)(C)CCCCCCCCCC.S=c1[nH]c2ccccc2s1. The van der Waals surface area contributed by atoms with Crippen molar-refractivity contribution in [3.8, 4) is 0 Å². The van der Waals surface area contributed by atoms with Crippen molar-refractivity contribution < 1.29 is 4.48 Å². The standard InChI is InChI=1S/C22H48N.C7H5NS2/c1-5-7-9-11-13-15-17-19-21-23(3,4)22-20-18-16-14-12-10-8-6-2;9-7-8-5-3-1-2-4-6(5)10-7/h5-22H2,1-4H3;1-4H,(H,8,9)/q+1;. The molecule has 0 fully saturated rings. The number of unbranched alkanes of at least 4 members (excludes halogenated alkanes) is 14. The van der Waals surface area contributed by atoms with E-state index < -0.39 is 0 Å². The summed E-state index contributed by atoms with van der Waals surface area (Å²) in [6, 6.07) is 8.11. The maximum absolute atomic E-state index is 4.98. The number of benzene rings is 1. The highest BCUT2D eigenvalue weighted by Gasteiger charge is 2.13. The van der Waals surface area contributed by atoms with Crippen LogP contribution in [0.5, 0.6) is 0 Å². The second-order valence-corrected chi connectivity index (χ2v) is 12.1. The third kappa shape index (κ3) is 16.5. The fourth-order valence-corrected chi connectivity index (χ4v) is 5.47. The minimum absolute atomic E-state index is 0.848. The summed E-state index contributed by atoms with van der Waals surface area (Å²) in [5, 5.41) is 0. The van der Waals surface area contributed by atoms with Gasteiger partial charge >= 0.3 is 0 Å². The van der Waals surface area contributed by atoms with Gasteiger partial charge in [0.15, 0.2) is 3.95 Å². The van der Waals surface area contributed by atoms with Gasteiger partial charge in [-0.15, -0.1) is 11.3 Å². The van der Waals surface area contributed by atoms with E-state index >= 15 is 0 Å². The first kappa shape index (κ1) is 30.3. The van der Waals surface area contributed by atoms with Crippen LogP contribution < -0.4 is 0 Å². The Morgan fingerprint density at radius 2 is 1.09 bits per heavy atom. The summed E-state index contributed by atoms with van der Waals surface area (Å²) in [5.41, 5.74) is 1.14. The van der Waals surface area contributed by atoms with E-state index in [9.17, 15) is 0 Å². The molecule has 4 heteroatoms. The van der Waals surface area contributed by atoms with Gasteiger partial charge in [0.05, 0.1) is 37.4 Å². The van der Waals surface area contributed by atoms with Crippen molar-refractivity contribution in [1.29, 1.82) is 0 Å². The van der Waals surface area contributed by atoms with Crippen molar-refractivity contribution in [3.05, 3.63) is 28.2 Å². The summed E-state index contributed by atoms with van der Waals surface area (Å²) < 4.78 is 3.32. The second kappa shape index (κ2) is 19.6. The Morgan fingerprint density at radius 1 is 0.667 bits per heavy atom. The van der Waals surface area contributed by atoms with Crippen LogP contribution in [0.3, 0.4) is 0 Å². The van der Waals surface area contributed by atoms with Crippen molar-refractivity contribution in [2.75, 3.05) is 27.2 Å². The maximum atomic E-state index is 4.98. The van der Waals surface area contributed by atoms with Crippen LogP contribution in [0.2, 0.25) is 0 Å². The van der Waals surface area contributed by atoms with Crippen LogP contribution in [0.1, 0.15) is 117 Å². The monoisotopic (exact) mass is 493 g/mol. The zero-order valence-corrected chi connectivity index (χ0v) is 23.9. The van der Waals surface area contributed by atoms with Crippen LogP contribution in [0, 0.1) is 3.95 Å². The average Bonchev–Trinajstić information content (AvgIpc) is 3.18. The Morgan fingerprint density at radius 3 is 1.55 bits per heavy atom. The molecule has 33 heavy (non-hydrogen) atoms. The van der Waals surface area contributed by atoms with E-state index in [0.717, 1.165) is 9.47 Å². The molecule has 0 amide bonds. The molecular weight excluding hydrogens is 440 g/mol. The fraction of sp³-hybridized carbons (Fsp3) is 0.759. The molecular formula is C29H53N2S2+. The quantitative estimate of drug-likeness (QED) is 0.124. The number of rotatable bonds is 18. The molecule has 0 radical (unpaired) electrons. The van der Waals surface area contributed by atoms with Crippen LogP contribution in [0.15, 0.2) is 24.3 Å². The molecule has 1 N–H and O–H groups in total. The number of aromatic amines is 1. The normalized spacial score (nSPS) is 11.5. The maximum Gasteiger partial charge on any atom is 0.159 e. The predicted molar refractivity (Wildman–Crippen MR) is 154 cm³/mol. The lowest BCUT2D eigenvalue weighted by molar-refractivity contribution is -0.890. The number of aromatic nitrogens is 1. The lowest BCUT2D eigenvalue weighted by Gasteiger charge is -2.30. The van der Waals surface area contributed by atoms with Gasteiger partial charge in [0, 0.05) is 0 Å². The third-order valence-corrected chi connectivity index (χ3v) is 7.78. The Labute approximate surface area is 214 Å². The second-order valence-electron chi connectivity index (χ2n) is 10.3. The molecule has 0 bridgehead atoms. The van der Waals surface area contributed by atoms with Gasteiger partial charge < -0.3 is 9.47 Å². The number of hydrogen-bond acceptors (Lipinski definition) is 2. The Kier molecular flexibility index (Phi) is 18.0. The van der Waals surface area contributed by atoms with Gasteiger partial charge in [-0.2, -0.15) is 0 Å². The molecule has 1 aromatic carbocycles. The molecule has 1 aromatic heterocycles. The van der Waals surface area contributed by atoms with Gasteiger partial charge in [-0.25, -0.2) is 0 Å². The summed E-state index contributed by atoms with van der Waals surface area (Å²) in [6.45, 7) is 7.36. The lowest BCUT2D eigenvalue weighted by atomic mass is 10.1. The van der Waals surface area contributed by atoms with Crippen molar-refractivity contribution in [2.24, 2.45) is 0 Å². The highest BCUT2D eigenvalue weighted by Crippen LogP contribution is 2.17. The molecule has 2 nitrogen and oxygen atoms in total. The number of nitrogens with one attached hydrogen (secondary N) is 1. The Hall–Kier alpha value is -0.710. The van der Waals surface area contributed by atoms with E-state index in [1.807, 2.05) is 18.2 Å². The molecule has 0 spiro atoms. The van der Waals surface area contributed by atoms with E-state index in [1.54, 1.807) is 11.3 Å². The number of fused-ring (bicyclic) bond motifs is 1. The molecule has 0 aliphatic rings. The minimum atomic E-state index is 0.848. The van der Waals surface area contributed by atoms with Crippen LogP contribution in [-0.2, 0) is 0 Å². The molecule has 0 saturated carbocycles. The van der Waals surface area contributed by atoms with Crippen LogP contribution in [0.4, 0.5) is 0 Å². The number of thiazole rings is 1. The van der Waals surface area contributed by atoms with E-state index in [-0.39, 0.29) is 0 Å². The molecule has 2 aromatic rings. The predicted octanol–water partition coefficient (Wildman–Crippen LogP) is 10.3. The largest absolute Gasteiger partial charge is 0.337 e. The van der Waals surface area contributed by atoms with Crippen molar-refractivity contribution in [3.63, 3.8) is 0 Å². The summed E-state index contributed by atoms with van der Waals surface area (Å²) in [4.78, 5) is 3.09. The molecule has 0 saturated heterocycles. The molecule has 1 heterocycles. The van der Waals surface area contributed by atoms with E-state index in [4.69, 9.17) is 12.2 Å². The summed E-state index contributed by atoms with van der Waals surface area (Å²) >= 11 is 6.59. The Bertz CT molecular complexity index is 689. The van der Waals surface area contributed by atoms with E-state index in [0.29, 0.717) is 0 Å². The van der Waals surface area contributed by atoms with Gasteiger partial charge in [0.2, 0.25) is 0 Å². The van der Waals surface area contributed by atoms with E-state index in [2.05, 4.69) is 39.0 Å². The molecule has 0 aliphatic heterocycles. The van der Waals surface area contributed by atoms with Crippen LogP contribution >= 0.6 is 23.6 Å². The molecule has 2 rings (SSSR count). The van der Waals surface area contributed by atoms with Crippen molar-refractivity contribution in [1.82, 2.24) is 4.98 Å². The van der Waals surface area contributed by atoms with Gasteiger partial charge in [-0.3, -0.25) is 0 Å². The zero-order chi connectivity index (χ0) is 24.2. The fourth-order valence-electron chi connectivity index (χ4n) is 4.35. The smallest absolute Gasteiger partial charge is 0.159 e. The number of H-pyrrole nitrogens is 1. The van der Waals surface area contributed by atoms with Crippen LogP contribution in [-0.4, -0.2) is 36.7 Å². The summed E-state index contributed by atoms with van der Waals surface area (Å²) in [5.74, 6) is 0. The first-order valence-electron chi connectivity index (χ1n) is 13.9. The molecule has 0 atom stereocenters. The summed E-state index contributed by atoms with van der Waals surface area (Å²) in [6.07, 6.45) is 23.0. The van der Waals surface area contributed by atoms with Gasteiger partial charge in [0.25, 0.3) is 0 Å². The summed E-state index contributed by atoms with van der Waals surface area (Å²) in [7, 11) is 4.87.